The summed E-state index contributed by atoms with van der Waals surface area (Å²) in [6.45, 7) is 0.951. The molecule has 0 fully saturated rings. The third-order valence-electron chi connectivity index (χ3n) is 4.45. The molecule has 3 aromatic carbocycles. The molecule has 0 saturated carbocycles. The standard InChI is InChI=1S/C24H22ClFN2O3/c25-22-14-19(26)9-10-21(22)24(30)27-12-11-23(29)28-15-18-7-4-8-20(13-18)31-16-17-5-2-1-3-6-17/h1-10,13-14H,11-12,15-16H2,(H,27,30)(H,28,29). The van der Waals surface area contributed by atoms with Crippen LogP contribution in [0, 0.1) is 5.82 Å². The van der Waals surface area contributed by atoms with Crippen LogP contribution in [0.4, 0.5) is 4.39 Å². The molecule has 31 heavy (non-hydrogen) atoms. The fourth-order valence-corrected chi connectivity index (χ4v) is 3.09. The van der Waals surface area contributed by atoms with E-state index in [1.165, 1.54) is 6.07 Å². The monoisotopic (exact) mass is 440 g/mol. The number of carbonyl (C=O) groups excluding carboxylic acids is 2. The van der Waals surface area contributed by atoms with E-state index in [0.29, 0.717) is 13.2 Å². The Morgan fingerprint density at radius 3 is 2.45 bits per heavy atom. The summed E-state index contributed by atoms with van der Waals surface area (Å²) in [5.74, 6) is -0.461. The Labute approximate surface area is 185 Å². The summed E-state index contributed by atoms with van der Waals surface area (Å²) in [5.41, 5.74) is 2.14. The maximum absolute atomic E-state index is 13.1. The Morgan fingerprint density at radius 1 is 0.903 bits per heavy atom. The second-order valence-electron chi connectivity index (χ2n) is 6.83. The second kappa shape index (κ2) is 11.1. The van der Waals surface area contributed by atoms with Gasteiger partial charge in [0.2, 0.25) is 5.91 Å². The van der Waals surface area contributed by atoms with Gasteiger partial charge in [-0.25, -0.2) is 4.39 Å². The summed E-state index contributed by atoms with van der Waals surface area (Å²) in [6.07, 6.45) is 0.106. The quantitative estimate of drug-likeness (QED) is 0.515. The van der Waals surface area contributed by atoms with Crippen LogP contribution in [0.15, 0.2) is 72.8 Å². The van der Waals surface area contributed by atoms with Crippen LogP contribution < -0.4 is 15.4 Å². The number of hydrogen-bond donors (Lipinski definition) is 2. The fourth-order valence-electron chi connectivity index (χ4n) is 2.83. The summed E-state index contributed by atoms with van der Waals surface area (Å²) in [4.78, 5) is 24.1. The Bertz CT molecular complexity index is 1040. The van der Waals surface area contributed by atoms with Gasteiger partial charge in [0.1, 0.15) is 18.2 Å². The van der Waals surface area contributed by atoms with E-state index >= 15 is 0 Å². The van der Waals surface area contributed by atoms with Crippen LogP contribution in [-0.4, -0.2) is 18.4 Å². The highest BCUT2D eigenvalue weighted by Gasteiger charge is 2.11. The first-order valence-electron chi connectivity index (χ1n) is 9.77. The van der Waals surface area contributed by atoms with E-state index < -0.39 is 11.7 Å². The summed E-state index contributed by atoms with van der Waals surface area (Å²) in [7, 11) is 0. The molecule has 0 aromatic heterocycles. The van der Waals surface area contributed by atoms with Gasteiger partial charge in [0.15, 0.2) is 0 Å². The minimum absolute atomic E-state index is 0.0244. The zero-order valence-corrected chi connectivity index (χ0v) is 17.5. The zero-order valence-electron chi connectivity index (χ0n) is 16.7. The van der Waals surface area contributed by atoms with Crippen molar-refractivity contribution in [2.24, 2.45) is 0 Å². The van der Waals surface area contributed by atoms with Crippen LogP contribution >= 0.6 is 11.6 Å². The topological polar surface area (TPSA) is 67.4 Å². The highest BCUT2D eigenvalue weighted by molar-refractivity contribution is 6.33. The van der Waals surface area contributed by atoms with Crippen LogP contribution in [0.25, 0.3) is 0 Å². The molecule has 5 nitrogen and oxygen atoms in total. The van der Waals surface area contributed by atoms with Gasteiger partial charge >= 0.3 is 0 Å². The molecule has 0 bridgehead atoms. The summed E-state index contributed by atoms with van der Waals surface area (Å²) in [6, 6.07) is 20.9. The van der Waals surface area contributed by atoms with Crippen molar-refractivity contribution < 1.29 is 18.7 Å². The van der Waals surface area contributed by atoms with E-state index in [4.69, 9.17) is 16.3 Å². The molecule has 0 unspecified atom stereocenters. The minimum atomic E-state index is -0.518. The molecule has 0 heterocycles. The third kappa shape index (κ3) is 7.12. The van der Waals surface area contributed by atoms with Crippen molar-refractivity contribution in [3.8, 4) is 5.75 Å². The highest BCUT2D eigenvalue weighted by Crippen LogP contribution is 2.17. The van der Waals surface area contributed by atoms with E-state index in [1.54, 1.807) is 0 Å². The number of halogens is 2. The molecule has 0 aliphatic heterocycles. The first-order valence-corrected chi connectivity index (χ1v) is 10.1. The Balaban J connectivity index is 1.40. The van der Waals surface area contributed by atoms with Gasteiger partial charge in [-0.1, -0.05) is 54.1 Å². The molecule has 0 aliphatic rings. The summed E-state index contributed by atoms with van der Waals surface area (Å²) >= 11 is 5.86. The van der Waals surface area contributed by atoms with Gasteiger partial charge in [-0.15, -0.1) is 0 Å². The molecular formula is C24H22ClFN2O3. The maximum Gasteiger partial charge on any atom is 0.252 e. The van der Waals surface area contributed by atoms with Crippen molar-refractivity contribution in [1.82, 2.24) is 10.6 Å². The predicted molar refractivity (Wildman–Crippen MR) is 117 cm³/mol. The van der Waals surface area contributed by atoms with E-state index in [1.807, 2.05) is 54.6 Å². The van der Waals surface area contributed by atoms with E-state index in [-0.39, 0.29) is 29.5 Å². The predicted octanol–water partition coefficient (Wildman–Crippen LogP) is 4.49. The lowest BCUT2D eigenvalue weighted by molar-refractivity contribution is -0.121. The van der Waals surface area contributed by atoms with Gasteiger partial charge < -0.3 is 15.4 Å². The van der Waals surface area contributed by atoms with Crippen molar-refractivity contribution in [2.45, 2.75) is 19.6 Å². The number of benzene rings is 3. The molecule has 160 valence electrons. The van der Waals surface area contributed by atoms with Crippen molar-refractivity contribution in [1.29, 1.82) is 0 Å². The lowest BCUT2D eigenvalue weighted by Crippen LogP contribution is -2.30. The molecular weight excluding hydrogens is 419 g/mol. The molecule has 0 saturated heterocycles. The van der Waals surface area contributed by atoms with Crippen LogP contribution in [0.5, 0.6) is 5.75 Å². The van der Waals surface area contributed by atoms with Crippen LogP contribution in [0.1, 0.15) is 27.9 Å². The van der Waals surface area contributed by atoms with Gasteiger partial charge in [0.05, 0.1) is 10.6 Å². The highest BCUT2D eigenvalue weighted by atomic mass is 35.5. The average Bonchev–Trinajstić information content (AvgIpc) is 2.77. The van der Waals surface area contributed by atoms with Crippen molar-refractivity contribution in [3.05, 3.63) is 100 Å². The average molecular weight is 441 g/mol. The van der Waals surface area contributed by atoms with Crippen LogP contribution in [0.2, 0.25) is 5.02 Å². The molecule has 7 heteroatoms. The van der Waals surface area contributed by atoms with E-state index in [9.17, 15) is 14.0 Å². The van der Waals surface area contributed by atoms with Crippen molar-refractivity contribution in [3.63, 3.8) is 0 Å². The molecule has 2 N–H and O–H groups in total. The molecule has 0 aliphatic carbocycles. The lowest BCUT2D eigenvalue weighted by Gasteiger charge is -2.10. The molecule has 0 atom stereocenters. The van der Waals surface area contributed by atoms with Crippen LogP contribution in [0.3, 0.4) is 0 Å². The smallest absolute Gasteiger partial charge is 0.252 e. The molecule has 0 radical (unpaired) electrons. The van der Waals surface area contributed by atoms with Gasteiger partial charge in [-0.05, 0) is 41.5 Å². The Hall–Kier alpha value is -3.38. The second-order valence-corrected chi connectivity index (χ2v) is 7.24. The van der Waals surface area contributed by atoms with Crippen molar-refractivity contribution in [2.75, 3.05) is 6.54 Å². The third-order valence-corrected chi connectivity index (χ3v) is 4.76. The normalized spacial score (nSPS) is 10.4. The number of amides is 2. The van der Waals surface area contributed by atoms with Gasteiger partial charge in [-0.3, -0.25) is 9.59 Å². The Kier molecular flexibility index (Phi) is 8.01. The number of carbonyl (C=O) groups is 2. The fraction of sp³-hybridized carbons (Fsp3) is 0.167. The van der Waals surface area contributed by atoms with Gasteiger partial charge in [0.25, 0.3) is 5.91 Å². The van der Waals surface area contributed by atoms with Gasteiger partial charge in [0, 0.05) is 19.5 Å². The van der Waals surface area contributed by atoms with Crippen molar-refractivity contribution >= 4 is 23.4 Å². The maximum atomic E-state index is 13.1. The van der Waals surface area contributed by atoms with E-state index in [2.05, 4.69) is 10.6 Å². The molecule has 2 amide bonds. The van der Waals surface area contributed by atoms with E-state index in [0.717, 1.165) is 29.0 Å². The van der Waals surface area contributed by atoms with Gasteiger partial charge in [-0.2, -0.15) is 0 Å². The minimum Gasteiger partial charge on any atom is -0.489 e. The Morgan fingerprint density at radius 2 is 1.68 bits per heavy atom. The molecule has 3 aromatic rings. The summed E-state index contributed by atoms with van der Waals surface area (Å²) < 4.78 is 18.9. The summed E-state index contributed by atoms with van der Waals surface area (Å²) in [5, 5.41) is 5.44. The zero-order chi connectivity index (χ0) is 22.1. The largest absolute Gasteiger partial charge is 0.489 e. The number of nitrogens with one attached hydrogen (secondary N) is 2. The first kappa shape index (κ1) is 22.3. The number of hydrogen-bond acceptors (Lipinski definition) is 3. The number of rotatable bonds is 9. The first-order chi connectivity index (χ1) is 15.0. The SMILES string of the molecule is O=C(CCNC(=O)c1ccc(F)cc1Cl)NCc1cccc(OCc2ccccc2)c1. The number of ether oxygens (including phenoxy) is 1. The molecule has 3 rings (SSSR count). The van der Waals surface area contributed by atoms with Crippen LogP contribution in [-0.2, 0) is 17.9 Å². The lowest BCUT2D eigenvalue weighted by atomic mass is 10.2. The molecule has 0 spiro atoms.